The minimum atomic E-state index is -0.465. The lowest BCUT2D eigenvalue weighted by Gasteiger charge is -2.17. The number of benzene rings is 1. The van der Waals surface area contributed by atoms with Crippen LogP contribution in [0.5, 0.6) is 11.5 Å². The molecule has 5 nitrogen and oxygen atoms in total. The Labute approximate surface area is 118 Å². The molecule has 0 saturated heterocycles. The molecule has 108 valence electrons. The van der Waals surface area contributed by atoms with E-state index in [0.717, 1.165) is 24.3 Å². The highest BCUT2D eigenvalue weighted by Crippen LogP contribution is 2.33. The number of fused-ring (bicyclic) bond motifs is 1. The van der Waals surface area contributed by atoms with Crippen molar-refractivity contribution in [2.24, 2.45) is 11.7 Å². The molecule has 1 aliphatic carbocycles. The summed E-state index contributed by atoms with van der Waals surface area (Å²) in [7, 11) is 0. The number of carbonyl (C=O) groups is 1. The number of rotatable bonds is 5. The molecule has 1 saturated carbocycles. The molecule has 1 amide bonds. The molecule has 1 fully saturated rings. The monoisotopic (exact) mass is 276 g/mol. The highest BCUT2D eigenvalue weighted by molar-refractivity contribution is 5.81. The molecule has 1 aliphatic heterocycles. The predicted octanol–water partition coefficient (Wildman–Crippen LogP) is 1.37. The average molecular weight is 276 g/mol. The molecular weight excluding hydrogens is 256 g/mol. The van der Waals surface area contributed by atoms with Crippen molar-refractivity contribution in [1.82, 2.24) is 5.32 Å². The fourth-order valence-corrected chi connectivity index (χ4v) is 2.35. The molecule has 2 aliphatic rings. The van der Waals surface area contributed by atoms with Crippen molar-refractivity contribution in [1.29, 1.82) is 0 Å². The number of hydrogen-bond acceptors (Lipinski definition) is 4. The Kier molecular flexibility index (Phi) is 3.78. The second kappa shape index (κ2) is 5.71. The first-order chi connectivity index (χ1) is 9.74. The average Bonchev–Trinajstić information content (AvgIpc) is 3.24. The van der Waals surface area contributed by atoms with Gasteiger partial charge in [0.2, 0.25) is 5.91 Å². The van der Waals surface area contributed by atoms with Crippen LogP contribution in [0.4, 0.5) is 0 Å². The van der Waals surface area contributed by atoms with Crippen molar-refractivity contribution in [3.05, 3.63) is 23.8 Å². The second-order valence-corrected chi connectivity index (χ2v) is 5.44. The smallest absolute Gasteiger partial charge is 0.239 e. The first-order valence-corrected chi connectivity index (χ1v) is 7.16. The number of ether oxygens (including phenoxy) is 2. The summed E-state index contributed by atoms with van der Waals surface area (Å²) < 4.78 is 11.2. The first-order valence-electron chi connectivity index (χ1n) is 7.16. The van der Waals surface area contributed by atoms with Crippen LogP contribution >= 0.6 is 0 Å². The van der Waals surface area contributed by atoms with Crippen LogP contribution < -0.4 is 20.5 Å². The van der Waals surface area contributed by atoms with Gasteiger partial charge in [0, 0.05) is 6.42 Å². The largest absolute Gasteiger partial charge is 0.490 e. The highest BCUT2D eigenvalue weighted by atomic mass is 16.5. The molecule has 5 heteroatoms. The summed E-state index contributed by atoms with van der Waals surface area (Å²) in [4.78, 5) is 11.7. The van der Waals surface area contributed by atoms with Crippen molar-refractivity contribution in [2.45, 2.75) is 25.3 Å². The van der Waals surface area contributed by atoms with E-state index in [1.807, 2.05) is 18.2 Å². The molecule has 1 aromatic carbocycles. The molecule has 0 radical (unpaired) electrons. The van der Waals surface area contributed by atoms with Crippen LogP contribution in [0, 0.1) is 5.92 Å². The van der Waals surface area contributed by atoms with Gasteiger partial charge in [-0.15, -0.1) is 0 Å². The van der Waals surface area contributed by atoms with Gasteiger partial charge in [-0.25, -0.2) is 0 Å². The Hall–Kier alpha value is -1.75. The molecule has 20 heavy (non-hydrogen) atoms. The SMILES string of the molecule is NC(=O)C(NCC1CC1)c1ccc2c(c1)OCCCO2. The lowest BCUT2D eigenvalue weighted by Crippen LogP contribution is -2.34. The van der Waals surface area contributed by atoms with Gasteiger partial charge in [-0.2, -0.15) is 0 Å². The summed E-state index contributed by atoms with van der Waals surface area (Å²) >= 11 is 0. The van der Waals surface area contributed by atoms with Gasteiger partial charge in [-0.05, 0) is 43.0 Å². The maximum Gasteiger partial charge on any atom is 0.239 e. The Morgan fingerprint density at radius 1 is 1.30 bits per heavy atom. The van der Waals surface area contributed by atoms with Crippen molar-refractivity contribution in [3.8, 4) is 11.5 Å². The van der Waals surface area contributed by atoms with Crippen LogP contribution in [0.3, 0.4) is 0 Å². The maximum atomic E-state index is 11.7. The van der Waals surface area contributed by atoms with E-state index >= 15 is 0 Å². The van der Waals surface area contributed by atoms with Gasteiger partial charge < -0.3 is 20.5 Å². The molecule has 1 aromatic rings. The third kappa shape index (κ3) is 3.04. The Bertz CT molecular complexity index is 500. The summed E-state index contributed by atoms with van der Waals surface area (Å²) in [6.45, 7) is 2.13. The maximum absolute atomic E-state index is 11.7. The van der Waals surface area contributed by atoms with Gasteiger partial charge in [0.25, 0.3) is 0 Å². The van der Waals surface area contributed by atoms with E-state index in [0.29, 0.717) is 24.9 Å². The van der Waals surface area contributed by atoms with E-state index < -0.39 is 6.04 Å². The molecular formula is C15H20N2O3. The van der Waals surface area contributed by atoms with E-state index in [1.165, 1.54) is 12.8 Å². The highest BCUT2D eigenvalue weighted by Gasteiger charge is 2.25. The summed E-state index contributed by atoms with van der Waals surface area (Å²) in [5.74, 6) is 1.76. The molecule has 3 N–H and O–H groups in total. The van der Waals surface area contributed by atoms with Gasteiger partial charge in [0.15, 0.2) is 11.5 Å². The summed E-state index contributed by atoms with van der Waals surface area (Å²) in [5, 5.41) is 3.25. The molecule has 1 heterocycles. The summed E-state index contributed by atoms with van der Waals surface area (Å²) in [6.07, 6.45) is 3.34. The van der Waals surface area contributed by atoms with Crippen LogP contribution in [-0.4, -0.2) is 25.7 Å². The first kappa shape index (κ1) is 13.2. The Balaban J connectivity index is 1.78. The number of amides is 1. The fourth-order valence-electron chi connectivity index (χ4n) is 2.35. The number of nitrogens with one attached hydrogen (secondary N) is 1. The molecule has 0 aromatic heterocycles. The number of primary amides is 1. The third-order valence-corrected chi connectivity index (χ3v) is 3.70. The van der Waals surface area contributed by atoms with Crippen molar-refractivity contribution in [3.63, 3.8) is 0 Å². The summed E-state index contributed by atoms with van der Waals surface area (Å²) in [5.41, 5.74) is 6.34. The van der Waals surface area contributed by atoms with Crippen LogP contribution in [-0.2, 0) is 4.79 Å². The van der Waals surface area contributed by atoms with E-state index in [4.69, 9.17) is 15.2 Å². The minimum absolute atomic E-state index is 0.361. The van der Waals surface area contributed by atoms with E-state index in [2.05, 4.69) is 5.32 Å². The van der Waals surface area contributed by atoms with Crippen LogP contribution in [0.25, 0.3) is 0 Å². The summed E-state index contributed by atoms with van der Waals surface area (Å²) in [6, 6.07) is 5.12. The van der Waals surface area contributed by atoms with Crippen LogP contribution in [0.2, 0.25) is 0 Å². The topological polar surface area (TPSA) is 73.6 Å². The Morgan fingerprint density at radius 2 is 2.05 bits per heavy atom. The lowest BCUT2D eigenvalue weighted by molar-refractivity contribution is -0.120. The molecule has 1 atom stereocenters. The van der Waals surface area contributed by atoms with Crippen LogP contribution in [0.1, 0.15) is 30.9 Å². The predicted molar refractivity (Wildman–Crippen MR) is 74.7 cm³/mol. The van der Waals surface area contributed by atoms with E-state index in [1.54, 1.807) is 0 Å². The molecule has 3 rings (SSSR count). The van der Waals surface area contributed by atoms with Gasteiger partial charge in [-0.1, -0.05) is 6.07 Å². The van der Waals surface area contributed by atoms with Gasteiger partial charge in [0.05, 0.1) is 13.2 Å². The Morgan fingerprint density at radius 3 is 2.75 bits per heavy atom. The fraction of sp³-hybridized carbons (Fsp3) is 0.533. The van der Waals surface area contributed by atoms with Gasteiger partial charge >= 0.3 is 0 Å². The van der Waals surface area contributed by atoms with Crippen molar-refractivity contribution < 1.29 is 14.3 Å². The van der Waals surface area contributed by atoms with E-state index in [-0.39, 0.29) is 5.91 Å². The molecule has 0 bridgehead atoms. The zero-order valence-electron chi connectivity index (χ0n) is 11.4. The normalized spacial score (nSPS) is 19.2. The van der Waals surface area contributed by atoms with Crippen LogP contribution in [0.15, 0.2) is 18.2 Å². The number of nitrogens with two attached hydrogens (primary N) is 1. The number of carbonyl (C=O) groups excluding carboxylic acids is 1. The van der Waals surface area contributed by atoms with Gasteiger partial charge in [-0.3, -0.25) is 4.79 Å². The lowest BCUT2D eigenvalue weighted by atomic mass is 10.1. The van der Waals surface area contributed by atoms with E-state index in [9.17, 15) is 4.79 Å². The molecule has 0 spiro atoms. The number of hydrogen-bond donors (Lipinski definition) is 2. The quantitative estimate of drug-likeness (QED) is 0.852. The zero-order chi connectivity index (χ0) is 13.9. The second-order valence-electron chi connectivity index (χ2n) is 5.44. The molecule has 1 unspecified atom stereocenters. The van der Waals surface area contributed by atoms with Gasteiger partial charge in [0.1, 0.15) is 6.04 Å². The standard InChI is InChI=1S/C15H20N2O3/c16-15(18)14(17-9-10-2-3-10)11-4-5-12-13(8-11)20-7-1-6-19-12/h4-5,8,10,14,17H,1-3,6-7,9H2,(H2,16,18). The van der Waals surface area contributed by atoms with Crippen molar-refractivity contribution in [2.75, 3.05) is 19.8 Å². The zero-order valence-corrected chi connectivity index (χ0v) is 11.4. The minimum Gasteiger partial charge on any atom is -0.490 e. The van der Waals surface area contributed by atoms with Crippen molar-refractivity contribution >= 4 is 5.91 Å². The third-order valence-electron chi connectivity index (χ3n) is 3.70.